The monoisotopic (exact) mass is 325 g/mol. The number of amides is 1. The third-order valence-electron chi connectivity index (χ3n) is 4.67. The average Bonchev–Trinajstić information content (AvgIpc) is 2.75. The van der Waals surface area contributed by atoms with Crippen LogP contribution in [0.1, 0.15) is 36.5 Å². The summed E-state index contributed by atoms with van der Waals surface area (Å²) in [6.07, 6.45) is 0.672. The summed E-state index contributed by atoms with van der Waals surface area (Å²) < 4.78 is 0. The fourth-order valence-electron chi connectivity index (χ4n) is 3.38. The standard InChI is InChI=1S/C20H23NO3/c1-13(2)20(24)21-9-8-15-10-18(22)19(23)11-16(15)17(12-21)14-6-4-3-5-7-14/h3-7,10-11,13,17,22-23H,8-9,12H2,1-2H3. The third kappa shape index (κ3) is 3.09. The lowest BCUT2D eigenvalue weighted by Crippen LogP contribution is -2.37. The van der Waals surface area contributed by atoms with Gasteiger partial charge in [-0.3, -0.25) is 4.79 Å². The highest BCUT2D eigenvalue weighted by molar-refractivity contribution is 5.78. The Morgan fingerprint density at radius 2 is 1.79 bits per heavy atom. The number of benzene rings is 2. The molecule has 1 aliphatic rings. The van der Waals surface area contributed by atoms with Gasteiger partial charge in [0.25, 0.3) is 0 Å². The van der Waals surface area contributed by atoms with E-state index in [4.69, 9.17) is 0 Å². The molecule has 1 heterocycles. The number of nitrogens with zero attached hydrogens (tertiary/aromatic N) is 1. The van der Waals surface area contributed by atoms with E-state index in [-0.39, 0.29) is 29.2 Å². The van der Waals surface area contributed by atoms with Gasteiger partial charge in [-0.15, -0.1) is 0 Å². The lowest BCUT2D eigenvalue weighted by Gasteiger charge is -2.27. The van der Waals surface area contributed by atoms with E-state index in [1.165, 1.54) is 0 Å². The van der Waals surface area contributed by atoms with Gasteiger partial charge in [0.1, 0.15) is 0 Å². The molecule has 0 radical (unpaired) electrons. The molecule has 4 nitrogen and oxygen atoms in total. The van der Waals surface area contributed by atoms with Crippen LogP contribution in [-0.4, -0.2) is 34.1 Å². The van der Waals surface area contributed by atoms with Crippen molar-refractivity contribution in [2.75, 3.05) is 13.1 Å². The van der Waals surface area contributed by atoms with E-state index in [1.54, 1.807) is 12.1 Å². The first-order valence-electron chi connectivity index (χ1n) is 8.36. The maximum absolute atomic E-state index is 12.5. The molecule has 0 saturated heterocycles. The van der Waals surface area contributed by atoms with Crippen LogP contribution in [0.5, 0.6) is 11.5 Å². The smallest absolute Gasteiger partial charge is 0.225 e. The van der Waals surface area contributed by atoms with Gasteiger partial charge in [0.15, 0.2) is 11.5 Å². The Labute approximate surface area is 142 Å². The molecule has 0 bridgehead atoms. The van der Waals surface area contributed by atoms with Crippen molar-refractivity contribution in [1.82, 2.24) is 4.90 Å². The van der Waals surface area contributed by atoms with Gasteiger partial charge in [-0.05, 0) is 35.2 Å². The van der Waals surface area contributed by atoms with Gasteiger partial charge >= 0.3 is 0 Å². The highest BCUT2D eigenvalue weighted by Crippen LogP contribution is 2.37. The molecule has 1 amide bonds. The fourth-order valence-corrected chi connectivity index (χ4v) is 3.38. The second-order valence-electron chi connectivity index (χ2n) is 6.69. The van der Waals surface area contributed by atoms with Gasteiger partial charge in [0, 0.05) is 24.9 Å². The molecule has 2 aromatic carbocycles. The normalized spacial score (nSPS) is 17.5. The molecule has 0 aliphatic carbocycles. The average molecular weight is 325 g/mol. The summed E-state index contributed by atoms with van der Waals surface area (Å²) in [5.74, 6) is -0.151. The first-order chi connectivity index (χ1) is 11.5. The number of rotatable bonds is 2. The molecule has 0 aromatic heterocycles. The van der Waals surface area contributed by atoms with Crippen LogP contribution in [0.4, 0.5) is 0 Å². The number of carbonyl (C=O) groups excluding carboxylic acids is 1. The molecule has 1 aliphatic heterocycles. The largest absolute Gasteiger partial charge is 0.504 e. The zero-order valence-corrected chi connectivity index (χ0v) is 14.1. The van der Waals surface area contributed by atoms with Gasteiger partial charge in [-0.1, -0.05) is 44.2 Å². The Balaban J connectivity index is 2.07. The first kappa shape index (κ1) is 16.4. The summed E-state index contributed by atoms with van der Waals surface area (Å²) in [5, 5.41) is 19.8. The van der Waals surface area contributed by atoms with Crippen LogP contribution in [0.2, 0.25) is 0 Å². The van der Waals surface area contributed by atoms with Crippen molar-refractivity contribution in [2.45, 2.75) is 26.2 Å². The number of aromatic hydroxyl groups is 2. The molecular weight excluding hydrogens is 302 g/mol. The Bertz CT molecular complexity index is 740. The summed E-state index contributed by atoms with van der Waals surface area (Å²) in [7, 11) is 0. The second kappa shape index (κ2) is 6.56. The molecule has 0 spiro atoms. The van der Waals surface area contributed by atoms with Crippen LogP contribution >= 0.6 is 0 Å². The van der Waals surface area contributed by atoms with E-state index in [0.717, 1.165) is 16.7 Å². The van der Waals surface area contributed by atoms with E-state index in [2.05, 4.69) is 0 Å². The fraction of sp³-hybridized carbons (Fsp3) is 0.350. The maximum Gasteiger partial charge on any atom is 0.225 e. The van der Waals surface area contributed by atoms with Gasteiger partial charge in [0.2, 0.25) is 5.91 Å². The van der Waals surface area contributed by atoms with E-state index in [1.807, 2.05) is 49.1 Å². The van der Waals surface area contributed by atoms with Crippen molar-refractivity contribution >= 4 is 5.91 Å². The Morgan fingerprint density at radius 3 is 2.46 bits per heavy atom. The first-order valence-corrected chi connectivity index (χ1v) is 8.36. The maximum atomic E-state index is 12.5. The number of carbonyl (C=O) groups is 1. The zero-order valence-electron chi connectivity index (χ0n) is 14.1. The number of fused-ring (bicyclic) bond motifs is 1. The van der Waals surface area contributed by atoms with Crippen LogP contribution < -0.4 is 0 Å². The zero-order chi connectivity index (χ0) is 17.3. The molecule has 126 valence electrons. The van der Waals surface area contributed by atoms with Crippen molar-refractivity contribution < 1.29 is 15.0 Å². The van der Waals surface area contributed by atoms with Crippen LogP contribution in [0, 0.1) is 5.92 Å². The van der Waals surface area contributed by atoms with E-state index < -0.39 is 0 Å². The molecule has 4 heteroatoms. The number of hydrogen-bond acceptors (Lipinski definition) is 3. The summed E-state index contributed by atoms with van der Waals surface area (Å²) in [5.41, 5.74) is 3.07. The van der Waals surface area contributed by atoms with E-state index >= 15 is 0 Å². The second-order valence-corrected chi connectivity index (χ2v) is 6.69. The van der Waals surface area contributed by atoms with Crippen molar-refractivity contribution in [2.24, 2.45) is 5.92 Å². The molecule has 2 N–H and O–H groups in total. The molecule has 0 fully saturated rings. The predicted molar refractivity (Wildman–Crippen MR) is 93.2 cm³/mol. The highest BCUT2D eigenvalue weighted by Gasteiger charge is 2.29. The molecule has 2 aromatic rings. The van der Waals surface area contributed by atoms with E-state index in [9.17, 15) is 15.0 Å². The summed E-state index contributed by atoms with van der Waals surface area (Å²) in [6, 6.07) is 13.3. The topological polar surface area (TPSA) is 60.8 Å². The minimum Gasteiger partial charge on any atom is -0.504 e. The molecule has 24 heavy (non-hydrogen) atoms. The van der Waals surface area contributed by atoms with Gasteiger partial charge < -0.3 is 15.1 Å². The quantitative estimate of drug-likeness (QED) is 0.833. The van der Waals surface area contributed by atoms with Crippen molar-refractivity contribution in [3.8, 4) is 11.5 Å². The Hall–Kier alpha value is -2.49. The third-order valence-corrected chi connectivity index (χ3v) is 4.67. The van der Waals surface area contributed by atoms with Crippen LogP contribution in [0.3, 0.4) is 0 Å². The predicted octanol–water partition coefficient (Wildman–Crippen LogP) is 3.27. The molecule has 3 rings (SSSR count). The summed E-state index contributed by atoms with van der Waals surface area (Å²) >= 11 is 0. The number of phenolic OH excluding ortho intramolecular Hbond substituents is 2. The molecule has 1 atom stereocenters. The Morgan fingerprint density at radius 1 is 1.12 bits per heavy atom. The Kier molecular flexibility index (Phi) is 4.47. The van der Waals surface area contributed by atoms with Gasteiger partial charge in [-0.25, -0.2) is 0 Å². The lowest BCUT2D eigenvalue weighted by molar-refractivity contribution is -0.134. The van der Waals surface area contributed by atoms with Gasteiger partial charge in [-0.2, -0.15) is 0 Å². The number of hydrogen-bond donors (Lipinski definition) is 2. The SMILES string of the molecule is CC(C)C(=O)N1CCc2cc(O)c(O)cc2C(c2ccccc2)C1. The van der Waals surface area contributed by atoms with E-state index in [0.29, 0.717) is 19.5 Å². The highest BCUT2D eigenvalue weighted by atomic mass is 16.3. The van der Waals surface area contributed by atoms with Crippen LogP contribution in [0.15, 0.2) is 42.5 Å². The summed E-state index contributed by atoms with van der Waals surface area (Å²) in [6.45, 7) is 5.03. The lowest BCUT2D eigenvalue weighted by atomic mass is 9.87. The minimum atomic E-state index is -0.113. The summed E-state index contributed by atoms with van der Waals surface area (Å²) in [4.78, 5) is 14.4. The molecule has 1 unspecified atom stereocenters. The van der Waals surface area contributed by atoms with Crippen LogP contribution in [-0.2, 0) is 11.2 Å². The van der Waals surface area contributed by atoms with Crippen molar-refractivity contribution in [1.29, 1.82) is 0 Å². The molecular formula is C20H23NO3. The van der Waals surface area contributed by atoms with Crippen LogP contribution in [0.25, 0.3) is 0 Å². The molecule has 0 saturated carbocycles. The minimum absolute atomic E-state index is 0.0158. The number of phenols is 2. The van der Waals surface area contributed by atoms with Crippen molar-refractivity contribution in [3.63, 3.8) is 0 Å². The van der Waals surface area contributed by atoms with Gasteiger partial charge in [0.05, 0.1) is 0 Å². The van der Waals surface area contributed by atoms with Crippen molar-refractivity contribution in [3.05, 3.63) is 59.2 Å².